The highest BCUT2D eigenvalue weighted by Crippen LogP contribution is 2.28. The molecule has 3 heterocycles. The van der Waals surface area contributed by atoms with E-state index >= 15 is 0 Å². The van der Waals surface area contributed by atoms with Crippen LogP contribution >= 0.6 is 0 Å². The molecule has 0 aliphatic carbocycles. The minimum atomic E-state index is -0.740. The lowest BCUT2D eigenvalue weighted by atomic mass is 10.1. The van der Waals surface area contributed by atoms with Crippen molar-refractivity contribution in [3.63, 3.8) is 0 Å². The smallest absolute Gasteiger partial charge is 0.303 e. The molecule has 0 unspecified atom stereocenters. The molecule has 4 rings (SSSR count). The Morgan fingerprint density at radius 1 is 1.09 bits per heavy atom. The van der Waals surface area contributed by atoms with Crippen LogP contribution in [0.3, 0.4) is 0 Å². The number of aliphatic hydroxyl groups excluding tert-OH is 1. The number of morpholine rings is 1. The third-order valence-corrected chi connectivity index (χ3v) is 5.66. The van der Waals surface area contributed by atoms with Crippen LogP contribution in [0.1, 0.15) is 37.7 Å². The lowest BCUT2D eigenvalue weighted by Crippen LogP contribution is -2.37. The van der Waals surface area contributed by atoms with Gasteiger partial charge in [0.05, 0.1) is 26.1 Å². The zero-order valence-corrected chi connectivity index (χ0v) is 18.1. The first kappa shape index (κ1) is 22.2. The molecule has 1 saturated heterocycles. The molecule has 0 spiro atoms. The number of fused-ring (bicyclic) bond motifs is 1. The number of hydrogen-bond acceptors (Lipinski definition) is 7. The fraction of sp³-hybridized carbons (Fsp3) is 0.478. The van der Waals surface area contributed by atoms with Crippen LogP contribution in [0.15, 0.2) is 30.6 Å². The number of anilines is 1. The number of carboxylic acid groups (broad SMARTS) is 1. The molecule has 170 valence electrons. The van der Waals surface area contributed by atoms with Crippen molar-refractivity contribution >= 4 is 23.0 Å². The summed E-state index contributed by atoms with van der Waals surface area (Å²) in [6.45, 7) is 3.53. The number of aliphatic hydroxyl groups is 1. The molecular weight excluding hydrogens is 410 g/mol. The lowest BCUT2D eigenvalue weighted by molar-refractivity contribution is -0.137. The minimum absolute atomic E-state index is 0.0355. The molecule has 2 aromatic heterocycles. The molecule has 1 aliphatic rings. The summed E-state index contributed by atoms with van der Waals surface area (Å²) in [5, 5.41) is 18.3. The number of imidazole rings is 1. The molecule has 3 aromatic rings. The standard InChI is InChI=1S/C23H29N5O4/c29-15-17-6-5-7-18(14-17)21-25-22(27-10-12-32-13-11-27)20-23(26-21)28(16-24-20)9-4-2-1-3-8-19(30)31/h5-7,14,16,29H,1-4,8-13,15H2,(H,30,31). The lowest BCUT2D eigenvalue weighted by Gasteiger charge is -2.28. The zero-order valence-electron chi connectivity index (χ0n) is 18.1. The summed E-state index contributed by atoms with van der Waals surface area (Å²) < 4.78 is 7.56. The minimum Gasteiger partial charge on any atom is -0.481 e. The Morgan fingerprint density at radius 2 is 1.91 bits per heavy atom. The molecule has 0 radical (unpaired) electrons. The number of rotatable bonds is 10. The molecule has 1 fully saturated rings. The highest BCUT2D eigenvalue weighted by Gasteiger charge is 2.21. The van der Waals surface area contributed by atoms with Crippen molar-refractivity contribution in [2.75, 3.05) is 31.2 Å². The summed E-state index contributed by atoms with van der Waals surface area (Å²) in [7, 11) is 0. The van der Waals surface area contributed by atoms with Crippen molar-refractivity contribution < 1.29 is 19.7 Å². The maximum absolute atomic E-state index is 10.7. The van der Waals surface area contributed by atoms with Gasteiger partial charge >= 0.3 is 5.97 Å². The van der Waals surface area contributed by atoms with Crippen LogP contribution in [0, 0.1) is 0 Å². The van der Waals surface area contributed by atoms with E-state index < -0.39 is 5.97 Å². The Balaban J connectivity index is 1.62. The van der Waals surface area contributed by atoms with E-state index in [1.165, 1.54) is 0 Å². The first-order valence-corrected chi connectivity index (χ1v) is 11.1. The summed E-state index contributed by atoms with van der Waals surface area (Å²) in [5.74, 6) is 0.677. The van der Waals surface area contributed by atoms with E-state index in [1.807, 2.05) is 30.6 Å². The average molecular weight is 440 g/mol. The first-order valence-electron chi connectivity index (χ1n) is 11.1. The Hall–Kier alpha value is -3.04. The number of hydrogen-bond donors (Lipinski definition) is 2. The number of ether oxygens (including phenoxy) is 1. The van der Waals surface area contributed by atoms with Gasteiger partial charge in [0.25, 0.3) is 0 Å². The molecule has 9 heteroatoms. The second-order valence-electron chi connectivity index (χ2n) is 8.00. The first-order chi connectivity index (χ1) is 15.7. The van der Waals surface area contributed by atoms with Crippen LogP contribution in [-0.2, 0) is 22.7 Å². The van der Waals surface area contributed by atoms with E-state index in [0.717, 1.165) is 67.0 Å². The predicted molar refractivity (Wildman–Crippen MR) is 120 cm³/mol. The third-order valence-electron chi connectivity index (χ3n) is 5.66. The number of unbranched alkanes of at least 4 members (excludes halogenated alkanes) is 3. The molecule has 0 atom stereocenters. The Bertz CT molecular complexity index is 1060. The fourth-order valence-corrected chi connectivity index (χ4v) is 3.94. The highest BCUT2D eigenvalue weighted by atomic mass is 16.5. The normalized spacial score (nSPS) is 14.2. The second-order valence-corrected chi connectivity index (χ2v) is 8.00. The van der Waals surface area contributed by atoms with Gasteiger partial charge in [-0.25, -0.2) is 15.0 Å². The Kier molecular flexibility index (Phi) is 7.28. The number of benzene rings is 1. The number of aryl methyl sites for hydroxylation is 1. The van der Waals surface area contributed by atoms with E-state index in [4.69, 9.17) is 19.8 Å². The zero-order chi connectivity index (χ0) is 22.3. The quantitative estimate of drug-likeness (QED) is 0.464. The van der Waals surface area contributed by atoms with E-state index in [1.54, 1.807) is 0 Å². The SMILES string of the molecule is O=C(O)CCCCCCn1cnc2c(N3CCOCC3)nc(-c3cccc(CO)c3)nc21. The maximum atomic E-state index is 10.7. The van der Waals surface area contributed by atoms with E-state index in [-0.39, 0.29) is 13.0 Å². The molecule has 0 saturated carbocycles. The number of carboxylic acids is 1. The van der Waals surface area contributed by atoms with E-state index in [2.05, 4.69) is 14.5 Å². The summed E-state index contributed by atoms with van der Waals surface area (Å²) in [5.41, 5.74) is 3.24. The van der Waals surface area contributed by atoms with Crippen LogP contribution in [0.4, 0.5) is 5.82 Å². The fourth-order valence-electron chi connectivity index (χ4n) is 3.94. The van der Waals surface area contributed by atoms with Crippen molar-refractivity contribution in [3.8, 4) is 11.4 Å². The van der Waals surface area contributed by atoms with Gasteiger partial charge in [0.2, 0.25) is 0 Å². The monoisotopic (exact) mass is 439 g/mol. The van der Waals surface area contributed by atoms with Crippen LogP contribution in [0.2, 0.25) is 0 Å². The van der Waals surface area contributed by atoms with Gasteiger partial charge in [-0.05, 0) is 24.5 Å². The Labute approximate surface area is 186 Å². The number of aromatic nitrogens is 4. The van der Waals surface area contributed by atoms with Gasteiger partial charge < -0.3 is 24.4 Å². The van der Waals surface area contributed by atoms with Gasteiger partial charge in [-0.1, -0.05) is 31.0 Å². The van der Waals surface area contributed by atoms with Gasteiger partial charge in [-0.15, -0.1) is 0 Å². The molecule has 1 aromatic carbocycles. The van der Waals surface area contributed by atoms with Gasteiger partial charge in [0, 0.05) is 31.6 Å². The van der Waals surface area contributed by atoms with Crippen LogP contribution in [0.25, 0.3) is 22.6 Å². The third kappa shape index (κ3) is 5.23. The van der Waals surface area contributed by atoms with Crippen molar-refractivity contribution in [1.82, 2.24) is 19.5 Å². The van der Waals surface area contributed by atoms with Gasteiger partial charge in [-0.3, -0.25) is 4.79 Å². The van der Waals surface area contributed by atoms with Crippen molar-refractivity contribution in [2.24, 2.45) is 0 Å². The molecule has 2 N–H and O–H groups in total. The van der Waals surface area contributed by atoms with Crippen molar-refractivity contribution in [3.05, 3.63) is 36.2 Å². The number of carbonyl (C=O) groups is 1. The van der Waals surface area contributed by atoms with Crippen molar-refractivity contribution in [2.45, 2.75) is 45.3 Å². The largest absolute Gasteiger partial charge is 0.481 e. The topological polar surface area (TPSA) is 114 Å². The average Bonchev–Trinajstić information content (AvgIpc) is 3.24. The highest BCUT2D eigenvalue weighted by molar-refractivity contribution is 5.85. The molecule has 1 aliphatic heterocycles. The molecule has 0 amide bonds. The maximum Gasteiger partial charge on any atom is 0.303 e. The summed E-state index contributed by atoms with van der Waals surface area (Å²) >= 11 is 0. The molecule has 9 nitrogen and oxygen atoms in total. The van der Waals surface area contributed by atoms with E-state index in [9.17, 15) is 9.90 Å². The summed E-state index contributed by atoms with van der Waals surface area (Å²) in [6.07, 6.45) is 5.52. The molecule has 32 heavy (non-hydrogen) atoms. The Morgan fingerprint density at radius 3 is 2.69 bits per heavy atom. The van der Waals surface area contributed by atoms with Gasteiger partial charge in [0.15, 0.2) is 22.8 Å². The van der Waals surface area contributed by atoms with Crippen LogP contribution < -0.4 is 4.90 Å². The second kappa shape index (κ2) is 10.5. The number of nitrogens with zero attached hydrogens (tertiary/aromatic N) is 5. The predicted octanol–water partition coefficient (Wildman–Crippen LogP) is 2.86. The number of aliphatic carboxylic acids is 1. The molecule has 0 bridgehead atoms. The van der Waals surface area contributed by atoms with Gasteiger partial charge in [-0.2, -0.15) is 0 Å². The van der Waals surface area contributed by atoms with E-state index in [0.29, 0.717) is 25.5 Å². The van der Waals surface area contributed by atoms with Crippen LogP contribution in [-0.4, -0.2) is 62.0 Å². The molecular formula is C23H29N5O4. The van der Waals surface area contributed by atoms with Gasteiger partial charge in [0.1, 0.15) is 0 Å². The van der Waals surface area contributed by atoms with Crippen LogP contribution in [0.5, 0.6) is 0 Å². The van der Waals surface area contributed by atoms with Crippen molar-refractivity contribution in [1.29, 1.82) is 0 Å². The summed E-state index contributed by atoms with van der Waals surface area (Å²) in [6, 6.07) is 7.64. The summed E-state index contributed by atoms with van der Waals surface area (Å²) in [4.78, 5) is 27.2.